The molecule has 0 atom stereocenters. The molecule has 0 amide bonds. The molecule has 0 fully saturated rings. The number of hydrogen-bond acceptors (Lipinski definition) is 2. The van der Waals surface area contributed by atoms with Gasteiger partial charge in [-0.1, -0.05) is 11.6 Å². The van der Waals surface area contributed by atoms with Crippen molar-refractivity contribution in [3.05, 3.63) is 21.3 Å². The third-order valence-corrected chi connectivity index (χ3v) is 2.00. The first-order valence-electron chi connectivity index (χ1n) is 2.26. The zero-order valence-corrected chi connectivity index (χ0v) is 5.80. The van der Waals surface area contributed by atoms with Crippen molar-refractivity contribution in [1.29, 1.82) is 0 Å². The molecule has 1 aromatic rings. The van der Waals surface area contributed by atoms with Crippen molar-refractivity contribution in [2.45, 2.75) is 6.54 Å². The lowest BCUT2D eigenvalue weighted by atomic mass is 10.4. The molecule has 1 aromatic heterocycles. The van der Waals surface area contributed by atoms with Gasteiger partial charge in [0.2, 0.25) is 0 Å². The molecule has 1 heterocycles. The van der Waals surface area contributed by atoms with Crippen LogP contribution in [-0.2, 0) is 6.54 Å². The van der Waals surface area contributed by atoms with Crippen molar-refractivity contribution in [3.8, 4) is 0 Å². The maximum Gasteiger partial charge on any atom is 0.0931 e. The molecule has 44 valence electrons. The molecular weight excluding hydrogens is 142 g/mol. The summed E-state index contributed by atoms with van der Waals surface area (Å²) in [6.45, 7) is 0.587. The van der Waals surface area contributed by atoms with Crippen LogP contribution >= 0.6 is 22.9 Å². The lowest BCUT2D eigenvalue weighted by Gasteiger charge is -1.80. The third kappa shape index (κ3) is 1.22. The Kier molecular flexibility index (Phi) is 1.89. The average Bonchev–Trinajstić information content (AvgIpc) is 2.14. The second-order valence-electron chi connectivity index (χ2n) is 1.46. The summed E-state index contributed by atoms with van der Waals surface area (Å²) in [5, 5.41) is 1.96. The molecule has 0 spiro atoms. The molecule has 1 nitrogen and oxygen atoms in total. The monoisotopic (exact) mass is 147 g/mol. The molecule has 0 aliphatic carbocycles. The Morgan fingerprint density at radius 3 is 2.75 bits per heavy atom. The normalized spacial score (nSPS) is 9.75. The number of nitrogens with two attached hydrogens (primary N) is 1. The highest BCUT2D eigenvalue weighted by Crippen LogP contribution is 2.18. The van der Waals surface area contributed by atoms with Crippen molar-refractivity contribution in [2.24, 2.45) is 5.73 Å². The van der Waals surface area contributed by atoms with E-state index in [9.17, 15) is 0 Å². The Morgan fingerprint density at radius 2 is 2.50 bits per heavy atom. The Hall–Kier alpha value is -0.0500. The Bertz CT molecular complexity index is 173. The van der Waals surface area contributed by atoms with E-state index in [4.69, 9.17) is 17.3 Å². The average molecular weight is 148 g/mol. The van der Waals surface area contributed by atoms with Gasteiger partial charge in [0, 0.05) is 6.54 Å². The van der Waals surface area contributed by atoms with Crippen LogP contribution in [0.3, 0.4) is 0 Å². The summed E-state index contributed by atoms with van der Waals surface area (Å²) in [5.41, 5.74) is 6.42. The van der Waals surface area contributed by atoms with Crippen molar-refractivity contribution in [3.63, 3.8) is 0 Å². The van der Waals surface area contributed by atoms with Gasteiger partial charge in [0.15, 0.2) is 0 Å². The highest BCUT2D eigenvalue weighted by Gasteiger charge is 1.91. The summed E-state index contributed by atoms with van der Waals surface area (Å²) in [4.78, 5) is 0. The van der Waals surface area contributed by atoms with Crippen LogP contribution in [0.4, 0.5) is 0 Å². The number of hydrogen-bond donors (Lipinski definition) is 1. The standard InChI is InChI=1S/C5H6ClNS/c6-5-1-4(2-7)3-8-5/h1,3H,2,7H2. The van der Waals surface area contributed by atoms with Crippen LogP contribution in [-0.4, -0.2) is 0 Å². The van der Waals surface area contributed by atoms with Gasteiger partial charge in [-0.25, -0.2) is 0 Å². The van der Waals surface area contributed by atoms with Crippen LogP contribution in [0.25, 0.3) is 0 Å². The first-order valence-corrected chi connectivity index (χ1v) is 3.51. The topological polar surface area (TPSA) is 26.0 Å². The van der Waals surface area contributed by atoms with Crippen molar-refractivity contribution < 1.29 is 0 Å². The fraction of sp³-hybridized carbons (Fsp3) is 0.200. The molecule has 3 heteroatoms. The minimum Gasteiger partial charge on any atom is -0.326 e. The number of halogens is 1. The predicted molar refractivity (Wildman–Crippen MR) is 37.2 cm³/mol. The van der Waals surface area contributed by atoms with E-state index in [0.29, 0.717) is 6.54 Å². The quantitative estimate of drug-likeness (QED) is 0.645. The van der Waals surface area contributed by atoms with Crippen molar-refractivity contribution in [2.75, 3.05) is 0 Å². The van der Waals surface area contributed by atoms with Gasteiger partial charge in [-0.05, 0) is 17.0 Å². The second-order valence-corrected chi connectivity index (χ2v) is 3.01. The van der Waals surface area contributed by atoms with Crippen molar-refractivity contribution >= 4 is 22.9 Å². The van der Waals surface area contributed by atoms with Gasteiger partial charge in [0.05, 0.1) is 4.34 Å². The van der Waals surface area contributed by atoms with E-state index >= 15 is 0 Å². The van der Waals surface area contributed by atoms with E-state index in [2.05, 4.69) is 0 Å². The van der Waals surface area contributed by atoms with Crippen LogP contribution in [0.2, 0.25) is 4.34 Å². The summed E-state index contributed by atoms with van der Waals surface area (Å²) in [7, 11) is 0. The van der Waals surface area contributed by atoms with Gasteiger partial charge in [0.25, 0.3) is 0 Å². The van der Waals surface area contributed by atoms with Gasteiger partial charge < -0.3 is 5.73 Å². The number of thiophene rings is 1. The summed E-state index contributed by atoms with van der Waals surface area (Å²) < 4.78 is 0.811. The zero-order valence-electron chi connectivity index (χ0n) is 4.23. The SMILES string of the molecule is NCc1csc(Cl)c1. The molecule has 8 heavy (non-hydrogen) atoms. The minimum atomic E-state index is 0.587. The van der Waals surface area contributed by atoms with Gasteiger partial charge in [-0.15, -0.1) is 11.3 Å². The molecule has 0 saturated heterocycles. The molecule has 2 N–H and O–H groups in total. The summed E-state index contributed by atoms with van der Waals surface area (Å²) >= 11 is 7.12. The summed E-state index contributed by atoms with van der Waals surface area (Å²) in [6, 6.07) is 1.88. The zero-order chi connectivity index (χ0) is 5.98. The molecule has 0 saturated carbocycles. The fourth-order valence-electron chi connectivity index (χ4n) is 0.453. The van der Waals surface area contributed by atoms with E-state index in [0.717, 1.165) is 9.90 Å². The van der Waals surface area contributed by atoms with E-state index in [1.807, 2.05) is 11.4 Å². The maximum atomic E-state index is 5.60. The molecule has 0 aromatic carbocycles. The fourth-order valence-corrected chi connectivity index (χ4v) is 1.37. The van der Waals surface area contributed by atoms with Crippen molar-refractivity contribution in [1.82, 2.24) is 0 Å². The largest absolute Gasteiger partial charge is 0.326 e. The van der Waals surface area contributed by atoms with E-state index in [1.54, 1.807) is 0 Å². The molecule has 0 bridgehead atoms. The van der Waals surface area contributed by atoms with Crippen LogP contribution in [0, 0.1) is 0 Å². The Labute approximate surface area is 57.1 Å². The smallest absolute Gasteiger partial charge is 0.0931 e. The highest BCUT2D eigenvalue weighted by molar-refractivity contribution is 7.14. The summed E-state index contributed by atoms with van der Waals surface area (Å²) in [6.07, 6.45) is 0. The van der Waals surface area contributed by atoms with Gasteiger partial charge in [-0.2, -0.15) is 0 Å². The molecule has 0 aliphatic rings. The van der Waals surface area contributed by atoms with Crippen LogP contribution in [0.15, 0.2) is 11.4 Å². The van der Waals surface area contributed by atoms with Gasteiger partial charge in [-0.3, -0.25) is 0 Å². The molecular formula is C5H6ClNS. The van der Waals surface area contributed by atoms with Gasteiger partial charge in [0.1, 0.15) is 0 Å². The van der Waals surface area contributed by atoms with Crippen LogP contribution < -0.4 is 5.73 Å². The lowest BCUT2D eigenvalue weighted by Crippen LogP contribution is -1.92. The summed E-state index contributed by atoms with van der Waals surface area (Å²) in [5.74, 6) is 0. The predicted octanol–water partition coefficient (Wildman–Crippen LogP) is 1.86. The maximum absolute atomic E-state index is 5.60. The van der Waals surface area contributed by atoms with E-state index in [1.165, 1.54) is 11.3 Å². The van der Waals surface area contributed by atoms with E-state index < -0.39 is 0 Å². The Balaban J connectivity index is 2.84. The first kappa shape index (κ1) is 6.08. The number of rotatable bonds is 1. The molecule has 0 unspecified atom stereocenters. The van der Waals surface area contributed by atoms with E-state index in [-0.39, 0.29) is 0 Å². The third-order valence-electron chi connectivity index (χ3n) is 0.857. The second kappa shape index (κ2) is 2.49. The molecule has 1 rings (SSSR count). The van der Waals surface area contributed by atoms with Crippen LogP contribution in [0.5, 0.6) is 0 Å². The van der Waals surface area contributed by atoms with Crippen LogP contribution in [0.1, 0.15) is 5.56 Å². The molecule has 0 radical (unpaired) electrons. The van der Waals surface area contributed by atoms with Gasteiger partial charge >= 0.3 is 0 Å². The highest BCUT2D eigenvalue weighted by atomic mass is 35.5. The Morgan fingerprint density at radius 1 is 1.75 bits per heavy atom. The first-order chi connectivity index (χ1) is 3.83. The minimum absolute atomic E-state index is 0.587. The lowest BCUT2D eigenvalue weighted by molar-refractivity contribution is 1.08. The molecule has 0 aliphatic heterocycles.